The van der Waals surface area contributed by atoms with Crippen LogP contribution in [0.3, 0.4) is 0 Å². The Balaban J connectivity index is 1.74. The first-order valence-electron chi connectivity index (χ1n) is 12.0. The van der Waals surface area contributed by atoms with Crippen LogP contribution in [-0.4, -0.2) is 66.6 Å². The Morgan fingerprint density at radius 1 is 1.19 bits per heavy atom. The molecule has 1 N–H and O–H groups in total. The van der Waals surface area contributed by atoms with Crippen LogP contribution in [0.1, 0.15) is 19.4 Å². The number of rotatable bonds is 7. The van der Waals surface area contributed by atoms with Crippen molar-refractivity contribution in [2.75, 3.05) is 26.7 Å². The van der Waals surface area contributed by atoms with Gasteiger partial charge in [-0.25, -0.2) is 12.8 Å². The maximum absolute atomic E-state index is 14.5. The lowest BCUT2D eigenvalue weighted by molar-refractivity contribution is 0.0734. The molecule has 0 saturated heterocycles. The van der Waals surface area contributed by atoms with Crippen molar-refractivity contribution in [2.45, 2.75) is 37.4 Å². The zero-order valence-corrected chi connectivity index (χ0v) is 21.5. The summed E-state index contributed by atoms with van der Waals surface area (Å²) in [6, 6.07) is 14.3. The molecule has 9 heteroatoms. The summed E-state index contributed by atoms with van der Waals surface area (Å²) < 4.78 is 49.6. The van der Waals surface area contributed by atoms with Crippen LogP contribution in [0.15, 0.2) is 71.9 Å². The summed E-state index contributed by atoms with van der Waals surface area (Å²) in [5.74, 6) is -0.401. The minimum Gasteiger partial charge on any atom is -0.487 e. The number of sulfonamides is 1. The van der Waals surface area contributed by atoms with Gasteiger partial charge in [-0.05, 0) is 55.4 Å². The summed E-state index contributed by atoms with van der Waals surface area (Å²) in [6.45, 7) is 4.74. The van der Waals surface area contributed by atoms with Crippen LogP contribution in [0.5, 0.6) is 5.75 Å². The topological polar surface area (TPSA) is 83.0 Å². The minimum atomic E-state index is -3.96. The number of hydrogen-bond acceptors (Lipinski definition) is 6. The first kappa shape index (κ1) is 26.2. The Morgan fingerprint density at radius 3 is 2.61 bits per heavy atom. The molecule has 0 unspecified atom stereocenters. The molecule has 4 rings (SSSR count). The van der Waals surface area contributed by atoms with Crippen LogP contribution < -0.4 is 4.74 Å². The third kappa shape index (κ3) is 5.59. The number of halogens is 1. The van der Waals surface area contributed by atoms with E-state index < -0.39 is 21.9 Å². The van der Waals surface area contributed by atoms with Gasteiger partial charge in [0, 0.05) is 49.6 Å². The number of likely N-dealkylation sites (N-methyl/N-ethyl adjacent to an activating group) is 1. The minimum absolute atomic E-state index is 0.0107. The van der Waals surface area contributed by atoms with Gasteiger partial charge in [-0.15, -0.1) is 0 Å². The molecule has 2 heterocycles. The third-order valence-corrected chi connectivity index (χ3v) is 8.56. The summed E-state index contributed by atoms with van der Waals surface area (Å²) in [7, 11) is -1.98. The van der Waals surface area contributed by atoms with Gasteiger partial charge in [0.1, 0.15) is 22.6 Å². The molecule has 0 amide bonds. The Morgan fingerprint density at radius 2 is 1.92 bits per heavy atom. The Labute approximate surface area is 212 Å². The Hall–Kier alpha value is -2.85. The monoisotopic (exact) mass is 513 g/mol. The molecule has 1 aliphatic heterocycles. The highest BCUT2D eigenvalue weighted by Crippen LogP contribution is 2.37. The van der Waals surface area contributed by atoms with Crippen LogP contribution in [0, 0.1) is 11.7 Å². The maximum Gasteiger partial charge on any atom is 0.247 e. The highest BCUT2D eigenvalue weighted by atomic mass is 32.2. The second-order valence-corrected chi connectivity index (χ2v) is 11.3. The predicted molar refractivity (Wildman–Crippen MR) is 136 cm³/mol. The Bertz CT molecular complexity index is 1290. The van der Waals surface area contributed by atoms with Crippen LogP contribution in [-0.2, 0) is 16.6 Å². The number of aromatic nitrogens is 1. The van der Waals surface area contributed by atoms with Gasteiger partial charge in [-0.3, -0.25) is 9.88 Å². The van der Waals surface area contributed by atoms with Crippen molar-refractivity contribution in [1.29, 1.82) is 0 Å². The fraction of sp³-hybridized carbons (Fsp3) is 0.370. The number of ether oxygens (including phenoxy) is 1. The van der Waals surface area contributed by atoms with Crippen LogP contribution in [0.2, 0.25) is 0 Å². The molecule has 192 valence electrons. The molecule has 3 atom stereocenters. The standard InChI is InChI=1S/C27H32FN3O4S/c1-19-15-31(20(2)18-32)36(33,34)27-9-8-22(23-6-4-5-7-24(23)28)14-25(27)35-26(19)17-30(3)16-21-10-12-29-13-11-21/h4-14,19-20,26,32H,15-18H2,1-3H3/t19-,20+,26+/m1/s1. The Kier molecular flexibility index (Phi) is 8.04. The molecule has 0 radical (unpaired) electrons. The lowest BCUT2D eigenvalue weighted by Gasteiger charge is -2.37. The zero-order chi connectivity index (χ0) is 25.9. The summed E-state index contributed by atoms with van der Waals surface area (Å²) >= 11 is 0. The van der Waals surface area contributed by atoms with Crippen molar-refractivity contribution in [3.8, 4) is 16.9 Å². The van der Waals surface area contributed by atoms with E-state index in [0.717, 1.165) is 5.56 Å². The molecule has 0 aliphatic carbocycles. The smallest absolute Gasteiger partial charge is 0.247 e. The highest BCUT2D eigenvalue weighted by Gasteiger charge is 2.38. The fourth-order valence-corrected chi connectivity index (χ4v) is 6.30. The van der Waals surface area contributed by atoms with E-state index in [1.54, 1.807) is 49.6 Å². The average molecular weight is 514 g/mol. The van der Waals surface area contributed by atoms with Crippen LogP contribution >= 0.6 is 0 Å². The number of aliphatic hydroxyl groups is 1. The number of aliphatic hydroxyl groups excluding tert-OH is 1. The summed E-state index contributed by atoms with van der Waals surface area (Å²) in [6.07, 6.45) is 3.14. The van der Waals surface area contributed by atoms with Gasteiger partial charge in [0.25, 0.3) is 0 Å². The molecule has 3 aromatic rings. The van der Waals surface area contributed by atoms with Crippen molar-refractivity contribution >= 4 is 10.0 Å². The lowest BCUT2D eigenvalue weighted by atomic mass is 10.0. The second-order valence-electron chi connectivity index (χ2n) is 9.43. The van der Waals surface area contributed by atoms with Crippen molar-refractivity contribution in [3.63, 3.8) is 0 Å². The van der Waals surface area contributed by atoms with E-state index in [2.05, 4.69) is 9.88 Å². The molecule has 1 aliphatic rings. The average Bonchev–Trinajstić information content (AvgIpc) is 2.86. The SMILES string of the molecule is C[C@@H]1CN([C@@H](C)CO)S(=O)(=O)c2ccc(-c3ccccc3F)cc2O[C@H]1CN(C)Cc1ccncc1. The lowest BCUT2D eigenvalue weighted by Crippen LogP contribution is -2.49. The fourth-order valence-electron chi connectivity index (χ4n) is 4.48. The van der Waals surface area contributed by atoms with Gasteiger partial charge in [-0.2, -0.15) is 4.31 Å². The largest absolute Gasteiger partial charge is 0.487 e. The summed E-state index contributed by atoms with van der Waals surface area (Å²) in [4.78, 5) is 6.19. The zero-order valence-electron chi connectivity index (χ0n) is 20.7. The van der Waals surface area contributed by atoms with Gasteiger partial charge < -0.3 is 9.84 Å². The summed E-state index contributed by atoms with van der Waals surface area (Å²) in [5.41, 5.74) is 2.00. The molecular weight excluding hydrogens is 481 g/mol. The van der Waals surface area contributed by atoms with Gasteiger partial charge in [0.2, 0.25) is 10.0 Å². The third-order valence-electron chi connectivity index (χ3n) is 6.55. The number of benzene rings is 2. The normalized spacial score (nSPS) is 20.7. The van der Waals surface area contributed by atoms with Gasteiger partial charge >= 0.3 is 0 Å². The van der Waals surface area contributed by atoms with E-state index in [-0.39, 0.29) is 35.8 Å². The van der Waals surface area contributed by atoms with E-state index in [1.807, 2.05) is 26.1 Å². The second kappa shape index (κ2) is 11.0. The quantitative estimate of drug-likeness (QED) is 0.518. The van der Waals surface area contributed by atoms with Crippen molar-refractivity contribution < 1.29 is 22.7 Å². The van der Waals surface area contributed by atoms with Crippen molar-refractivity contribution in [3.05, 3.63) is 78.4 Å². The molecule has 1 aromatic heterocycles. The number of nitrogens with zero attached hydrogens (tertiary/aromatic N) is 3. The van der Waals surface area contributed by atoms with Crippen LogP contribution in [0.4, 0.5) is 4.39 Å². The molecule has 2 aromatic carbocycles. The molecular formula is C27H32FN3O4S. The highest BCUT2D eigenvalue weighted by molar-refractivity contribution is 7.89. The molecule has 36 heavy (non-hydrogen) atoms. The van der Waals surface area contributed by atoms with Gasteiger partial charge in [-0.1, -0.05) is 31.2 Å². The first-order chi connectivity index (χ1) is 17.2. The van der Waals surface area contributed by atoms with E-state index >= 15 is 0 Å². The van der Waals surface area contributed by atoms with Crippen LogP contribution in [0.25, 0.3) is 11.1 Å². The van der Waals surface area contributed by atoms with Crippen molar-refractivity contribution in [1.82, 2.24) is 14.2 Å². The summed E-state index contributed by atoms with van der Waals surface area (Å²) in [5, 5.41) is 9.82. The van der Waals surface area contributed by atoms with Gasteiger partial charge in [0.05, 0.1) is 6.61 Å². The molecule has 0 saturated carbocycles. The number of hydrogen-bond donors (Lipinski definition) is 1. The molecule has 0 bridgehead atoms. The molecule has 7 nitrogen and oxygen atoms in total. The van der Waals surface area contributed by atoms with E-state index in [9.17, 15) is 17.9 Å². The predicted octanol–water partition coefficient (Wildman–Crippen LogP) is 3.79. The van der Waals surface area contributed by atoms with E-state index in [0.29, 0.717) is 24.2 Å². The van der Waals surface area contributed by atoms with Crippen molar-refractivity contribution in [2.24, 2.45) is 5.92 Å². The first-order valence-corrected chi connectivity index (χ1v) is 13.4. The van der Waals surface area contributed by atoms with E-state index in [1.165, 1.54) is 16.4 Å². The molecule has 0 fully saturated rings. The maximum atomic E-state index is 14.5. The number of fused-ring (bicyclic) bond motifs is 1. The number of pyridine rings is 1. The van der Waals surface area contributed by atoms with Gasteiger partial charge in [0.15, 0.2) is 0 Å². The van der Waals surface area contributed by atoms with E-state index in [4.69, 9.17) is 4.74 Å². The molecule has 0 spiro atoms.